The fraction of sp³-hybridized carbons (Fsp3) is 0.286. The van der Waals surface area contributed by atoms with E-state index in [2.05, 4.69) is 0 Å². The lowest BCUT2D eigenvalue weighted by Crippen LogP contribution is -2.32. The van der Waals surface area contributed by atoms with Crippen molar-refractivity contribution in [3.8, 4) is 22.8 Å². The number of benzene rings is 2. The second-order valence-electron chi connectivity index (χ2n) is 7.23. The molecule has 0 unspecified atom stereocenters. The highest BCUT2D eigenvalue weighted by molar-refractivity contribution is 6.43. The van der Waals surface area contributed by atoms with E-state index >= 15 is 0 Å². The van der Waals surface area contributed by atoms with Crippen molar-refractivity contribution < 1.29 is 19.7 Å². The van der Waals surface area contributed by atoms with Crippen LogP contribution in [0.15, 0.2) is 39.5 Å². The van der Waals surface area contributed by atoms with Gasteiger partial charge in [-0.2, -0.15) is 0 Å². The van der Waals surface area contributed by atoms with Crippen LogP contribution in [-0.4, -0.2) is 46.5 Å². The molecule has 1 fully saturated rings. The van der Waals surface area contributed by atoms with Gasteiger partial charge in [0.1, 0.15) is 28.2 Å². The summed E-state index contributed by atoms with van der Waals surface area (Å²) < 4.78 is 6.03. The first kappa shape index (κ1) is 22.7. The summed E-state index contributed by atoms with van der Waals surface area (Å²) >= 11 is 12.4. The lowest BCUT2D eigenvalue weighted by molar-refractivity contribution is 0.172. The van der Waals surface area contributed by atoms with Crippen LogP contribution in [0, 0.1) is 0 Å². The van der Waals surface area contributed by atoms with Crippen LogP contribution in [0.25, 0.3) is 22.3 Å². The van der Waals surface area contributed by atoms with Crippen molar-refractivity contribution in [2.75, 3.05) is 20.2 Å². The maximum absolute atomic E-state index is 12.8. The molecule has 30 heavy (non-hydrogen) atoms. The summed E-state index contributed by atoms with van der Waals surface area (Å²) in [5, 5.41) is 31.3. The standard InChI is InChI=1S/C21H19Cl2NO5.ClH/c1-24-6-5-10(13(24)9-25)18-14(26)7-15(27)19-16(28)8-17(29-21(18)19)11-3-2-4-12(22)20(11)23;/h2-4,7-8,10,13,25-27H,5-6,9H2,1H3;1H/t10-,13+;/m0./s1. The Bertz CT molecular complexity index is 1160. The Kier molecular flexibility index (Phi) is 6.55. The number of phenols is 2. The average molecular weight is 473 g/mol. The SMILES string of the molecule is CN1CC[C@H](c2c(O)cc(O)c3c(=O)cc(-c4cccc(Cl)c4Cl)oc23)[C@H]1CO.Cl. The highest BCUT2D eigenvalue weighted by Gasteiger charge is 2.36. The van der Waals surface area contributed by atoms with Crippen molar-refractivity contribution in [1.82, 2.24) is 4.90 Å². The van der Waals surface area contributed by atoms with E-state index in [1.165, 1.54) is 6.07 Å². The normalized spacial score (nSPS) is 19.2. The smallest absolute Gasteiger partial charge is 0.197 e. The molecule has 2 aromatic carbocycles. The van der Waals surface area contributed by atoms with Crippen LogP contribution in [0.5, 0.6) is 11.5 Å². The van der Waals surface area contributed by atoms with Gasteiger partial charge in [-0.05, 0) is 32.1 Å². The lowest BCUT2D eigenvalue weighted by atomic mass is 9.89. The second kappa shape index (κ2) is 8.65. The summed E-state index contributed by atoms with van der Waals surface area (Å²) in [4.78, 5) is 14.8. The largest absolute Gasteiger partial charge is 0.507 e. The Balaban J connectivity index is 0.00000256. The summed E-state index contributed by atoms with van der Waals surface area (Å²) in [6.07, 6.45) is 0.654. The van der Waals surface area contributed by atoms with Gasteiger partial charge < -0.3 is 24.6 Å². The van der Waals surface area contributed by atoms with Crippen molar-refractivity contribution in [2.45, 2.75) is 18.4 Å². The second-order valence-corrected chi connectivity index (χ2v) is 8.02. The number of hydrogen-bond acceptors (Lipinski definition) is 6. The lowest BCUT2D eigenvalue weighted by Gasteiger charge is -2.24. The topological polar surface area (TPSA) is 94.1 Å². The van der Waals surface area contributed by atoms with Gasteiger partial charge in [0.05, 0.1) is 16.7 Å². The molecule has 2 atom stereocenters. The van der Waals surface area contributed by atoms with Gasteiger partial charge in [-0.15, -0.1) is 12.4 Å². The van der Waals surface area contributed by atoms with Gasteiger partial charge >= 0.3 is 0 Å². The van der Waals surface area contributed by atoms with Gasteiger partial charge in [-0.1, -0.05) is 29.3 Å². The van der Waals surface area contributed by atoms with Crippen molar-refractivity contribution in [3.05, 3.63) is 56.2 Å². The predicted octanol–water partition coefficient (Wildman–Crippen LogP) is 4.38. The molecule has 0 aliphatic carbocycles. The first-order chi connectivity index (χ1) is 13.8. The first-order valence-corrected chi connectivity index (χ1v) is 9.87. The quantitative estimate of drug-likeness (QED) is 0.524. The number of aromatic hydroxyl groups is 2. The summed E-state index contributed by atoms with van der Waals surface area (Å²) in [7, 11) is 1.88. The number of phenolic OH excluding ortho intramolecular Hbond substituents is 2. The number of aliphatic hydroxyl groups excluding tert-OH is 1. The molecule has 1 aliphatic heterocycles. The van der Waals surface area contributed by atoms with Crippen LogP contribution in [0.4, 0.5) is 0 Å². The molecule has 1 aliphatic rings. The molecule has 2 heterocycles. The fourth-order valence-electron chi connectivity index (χ4n) is 4.12. The Labute approximate surface area is 188 Å². The maximum Gasteiger partial charge on any atom is 0.197 e. The van der Waals surface area contributed by atoms with E-state index in [0.717, 1.165) is 6.07 Å². The number of hydrogen-bond donors (Lipinski definition) is 3. The van der Waals surface area contributed by atoms with Gasteiger partial charge in [-0.25, -0.2) is 0 Å². The van der Waals surface area contributed by atoms with Gasteiger partial charge in [-0.3, -0.25) is 4.79 Å². The Morgan fingerprint density at radius 2 is 1.93 bits per heavy atom. The van der Waals surface area contributed by atoms with E-state index in [4.69, 9.17) is 27.6 Å². The molecular weight excluding hydrogens is 453 g/mol. The molecule has 3 N–H and O–H groups in total. The van der Waals surface area contributed by atoms with E-state index < -0.39 is 5.43 Å². The number of aliphatic hydroxyl groups is 1. The Morgan fingerprint density at radius 3 is 2.63 bits per heavy atom. The van der Waals surface area contributed by atoms with Gasteiger partial charge in [0, 0.05) is 35.2 Å². The number of halogens is 3. The monoisotopic (exact) mass is 471 g/mol. The Hall–Kier alpha value is -1.96. The molecule has 6 nitrogen and oxygen atoms in total. The summed E-state index contributed by atoms with van der Waals surface area (Å²) in [5.41, 5.74) is 0.426. The molecule has 0 saturated carbocycles. The minimum Gasteiger partial charge on any atom is -0.507 e. The molecule has 0 bridgehead atoms. The molecule has 0 spiro atoms. The van der Waals surface area contributed by atoms with Crippen molar-refractivity contribution in [1.29, 1.82) is 0 Å². The number of likely N-dealkylation sites (N-methyl/N-ethyl adjacent to an activating group) is 1. The highest BCUT2D eigenvalue weighted by Crippen LogP contribution is 2.44. The molecular formula is C21H20Cl3NO5. The van der Waals surface area contributed by atoms with Crippen LogP contribution in [0.1, 0.15) is 17.9 Å². The first-order valence-electron chi connectivity index (χ1n) is 9.11. The molecule has 3 aromatic rings. The third-order valence-electron chi connectivity index (χ3n) is 5.60. The van der Waals surface area contributed by atoms with Gasteiger partial charge in [0.15, 0.2) is 5.43 Å². The van der Waals surface area contributed by atoms with Crippen LogP contribution < -0.4 is 5.43 Å². The molecule has 1 aromatic heterocycles. The van der Waals surface area contributed by atoms with E-state index in [-0.39, 0.29) is 64.2 Å². The molecule has 1 saturated heterocycles. The third-order valence-corrected chi connectivity index (χ3v) is 6.42. The van der Waals surface area contributed by atoms with Crippen LogP contribution in [-0.2, 0) is 0 Å². The van der Waals surface area contributed by atoms with Crippen molar-refractivity contribution in [3.63, 3.8) is 0 Å². The summed E-state index contributed by atoms with van der Waals surface area (Å²) in [5.74, 6) is -0.661. The van der Waals surface area contributed by atoms with Gasteiger partial charge in [0.2, 0.25) is 0 Å². The fourth-order valence-corrected chi connectivity index (χ4v) is 4.51. The average Bonchev–Trinajstić information content (AvgIpc) is 3.03. The third kappa shape index (κ3) is 3.63. The van der Waals surface area contributed by atoms with E-state index in [1.54, 1.807) is 18.2 Å². The highest BCUT2D eigenvalue weighted by atomic mass is 35.5. The number of fused-ring (bicyclic) bond motifs is 1. The maximum atomic E-state index is 12.8. The zero-order valence-electron chi connectivity index (χ0n) is 15.9. The van der Waals surface area contributed by atoms with E-state index in [0.29, 0.717) is 29.1 Å². The van der Waals surface area contributed by atoms with Gasteiger partial charge in [0.25, 0.3) is 0 Å². The number of nitrogens with zero attached hydrogens (tertiary/aromatic N) is 1. The summed E-state index contributed by atoms with van der Waals surface area (Å²) in [6, 6.07) is 7.11. The van der Waals surface area contributed by atoms with E-state index in [9.17, 15) is 20.1 Å². The number of rotatable bonds is 3. The van der Waals surface area contributed by atoms with Crippen LogP contribution in [0.2, 0.25) is 10.0 Å². The zero-order chi connectivity index (χ0) is 20.9. The minimum atomic E-state index is -0.469. The van der Waals surface area contributed by atoms with Crippen LogP contribution in [0.3, 0.4) is 0 Å². The zero-order valence-corrected chi connectivity index (χ0v) is 18.3. The minimum absolute atomic E-state index is 0. The summed E-state index contributed by atoms with van der Waals surface area (Å²) in [6.45, 7) is 0.592. The molecule has 9 heteroatoms. The van der Waals surface area contributed by atoms with E-state index in [1.807, 2.05) is 11.9 Å². The number of likely N-dealkylation sites (tertiary alicyclic amines) is 1. The Morgan fingerprint density at radius 1 is 1.20 bits per heavy atom. The van der Waals surface area contributed by atoms with Crippen LogP contribution >= 0.6 is 35.6 Å². The molecule has 0 radical (unpaired) electrons. The molecule has 4 rings (SSSR count). The van der Waals surface area contributed by atoms with Crippen molar-refractivity contribution in [2.24, 2.45) is 0 Å². The predicted molar refractivity (Wildman–Crippen MR) is 119 cm³/mol. The molecule has 0 amide bonds. The van der Waals surface area contributed by atoms with Crippen molar-refractivity contribution >= 4 is 46.6 Å². The molecule has 160 valence electrons.